The molecule has 19 heavy (non-hydrogen) atoms. The Morgan fingerprint density at radius 3 is 2.42 bits per heavy atom. The number of nitro groups is 1. The first-order valence-electron chi connectivity index (χ1n) is 6.19. The molecule has 0 amide bonds. The van der Waals surface area contributed by atoms with Gasteiger partial charge in [-0.05, 0) is 39.3 Å². The van der Waals surface area contributed by atoms with Gasteiger partial charge in [-0.2, -0.15) is 0 Å². The van der Waals surface area contributed by atoms with Gasteiger partial charge in [0.2, 0.25) is 0 Å². The Kier molecular flexibility index (Phi) is 3.08. The number of ether oxygens (including phenoxy) is 1. The van der Waals surface area contributed by atoms with Crippen molar-refractivity contribution in [1.82, 2.24) is 0 Å². The lowest BCUT2D eigenvalue weighted by Gasteiger charge is -2.42. The molecule has 1 saturated carbocycles. The van der Waals surface area contributed by atoms with E-state index in [0.29, 0.717) is 17.7 Å². The summed E-state index contributed by atoms with van der Waals surface area (Å²) in [6.07, 6.45) is 0.162. The molecule has 1 fully saturated rings. The van der Waals surface area contributed by atoms with Gasteiger partial charge in [0.15, 0.2) is 0 Å². The molecule has 0 aliphatic heterocycles. The third kappa shape index (κ3) is 2.20. The van der Waals surface area contributed by atoms with Crippen LogP contribution in [0, 0.1) is 29.4 Å². The molecule has 0 aromatic heterocycles. The van der Waals surface area contributed by atoms with Crippen molar-refractivity contribution in [1.29, 1.82) is 0 Å². The van der Waals surface area contributed by atoms with Gasteiger partial charge in [-0.3, -0.25) is 14.9 Å². The molecule has 1 aliphatic carbocycles. The van der Waals surface area contributed by atoms with Crippen LogP contribution >= 0.6 is 0 Å². The van der Waals surface area contributed by atoms with Gasteiger partial charge < -0.3 is 4.74 Å². The van der Waals surface area contributed by atoms with Crippen molar-refractivity contribution >= 4 is 11.5 Å². The van der Waals surface area contributed by atoms with Gasteiger partial charge in [-0.1, -0.05) is 0 Å². The van der Waals surface area contributed by atoms with Gasteiger partial charge in [0.25, 0.3) is 5.69 Å². The Labute approximate surface area is 111 Å². The van der Waals surface area contributed by atoms with E-state index in [-0.39, 0.29) is 17.6 Å². The zero-order valence-electron chi connectivity index (χ0n) is 11.5. The molecule has 0 saturated heterocycles. The topological polar surface area (TPSA) is 69.4 Å². The van der Waals surface area contributed by atoms with E-state index >= 15 is 0 Å². The minimum absolute atomic E-state index is 0.0454. The van der Waals surface area contributed by atoms with Gasteiger partial charge in [0.05, 0.1) is 16.4 Å². The van der Waals surface area contributed by atoms with Crippen molar-refractivity contribution in [3.05, 3.63) is 33.4 Å². The Bertz CT molecular complexity index is 563. The van der Waals surface area contributed by atoms with Crippen LogP contribution in [0.5, 0.6) is 5.75 Å². The van der Waals surface area contributed by atoms with Crippen LogP contribution in [0.1, 0.15) is 31.4 Å². The summed E-state index contributed by atoms with van der Waals surface area (Å²) in [5, 5.41) is 10.9. The first kappa shape index (κ1) is 13.5. The third-order valence-electron chi connectivity index (χ3n) is 3.85. The highest BCUT2D eigenvalue weighted by molar-refractivity contribution is 5.91. The second-order valence-electron chi connectivity index (χ2n) is 5.62. The zero-order valence-corrected chi connectivity index (χ0v) is 11.5. The number of carbonyl (C=O) groups is 1. The number of carbonyl (C=O) groups excluding carboxylic acids is 1. The maximum absolute atomic E-state index is 11.5. The van der Waals surface area contributed by atoms with Crippen LogP contribution in [0.2, 0.25) is 0 Å². The molecular weight excluding hydrogens is 246 g/mol. The fraction of sp³-hybridized carbons (Fsp3) is 0.500. The number of hydrogen-bond donors (Lipinski definition) is 0. The van der Waals surface area contributed by atoms with Crippen LogP contribution in [0.4, 0.5) is 5.69 Å². The van der Waals surface area contributed by atoms with Crippen molar-refractivity contribution in [2.75, 3.05) is 0 Å². The van der Waals surface area contributed by atoms with Crippen LogP contribution in [0.15, 0.2) is 12.1 Å². The average Bonchev–Trinajstić information content (AvgIpc) is 2.31. The van der Waals surface area contributed by atoms with E-state index < -0.39 is 10.3 Å². The highest BCUT2D eigenvalue weighted by atomic mass is 16.6. The summed E-state index contributed by atoms with van der Waals surface area (Å²) in [5.74, 6) is 0.652. The summed E-state index contributed by atoms with van der Waals surface area (Å²) < 4.78 is 5.79. The number of hydrogen-bond acceptors (Lipinski definition) is 4. The molecule has 0 heterocycles. The number of nitro benzene ring substituents is 1. The van der Waals surface area contributed by atoms with Crippen LogP contribution in [-0.4, -0.2) is 16.8 Å². The van der Waals surface area contributed by atoms with Crippen LogP contribution in [0.25, 0.3) is 0 Å². The Hall–Kier alpha value is -1.91. The molecule has 1 atom stereocenters. The molecule has 5 nitrogen and oxygen atoms in total. The quantitative estimate of drug-likeness (QED) is 0.621. The summed E-state index contributed by atoms with van der Waals surface area (Å²) in [7, 11) is 0. The predicted molar refractivity (Wildman–Crippen MR) is 70.4 cm³/mol. The number of rotatable bonds is 3. The average molecular weight is 263 g/mol. The fourth-order valence-electron chi connectivity index (χ4n) is 2.22. The highest BCUT2D eigenvalue weighted by Gasteiger charge is 2.49. The van der Waals surface area contributed by atoms with E-state index in [2.05, 4.69) is 0 Å². The van der Waals surface area contributed by atoms with Gasteiger partial charge in [0, 0.05) is 12.0 Å². The molecule has 0 spiro atoms. The highest BCUT2D eigenvalue weighted by Crippen LogP contribution is 2.40. The van der Waals surface area contributed by atoms with Crippen molar-refractivity contribution < 1.29 is 14.5 Å². The van der Waals surface area contributed by atoms with E-state index in [9.17, 15) is 14.9 Å². The summed E-state index contributed by atoms with van der Waals surface area (Å²) >= 11 is 0. The van der Waals surface area contributed by atoms with Gasteiger partial charge in [-0.15, -0.1) is 0 Å². The van der Waals surface area contributed by atoms with Crippen LogP contribution < -0.4 is 4.74 Å². The number of Topliss-reactive ketones (excluding diaryl/α,β-unsaturated/α-hetero) is 1. The second kappa shape index (κ2) is 4.33. The van der Waals surface area contributed by atoms with Crippen LogP contribution in [-0.2, 0) is 4.79 Å². The molecular formula is C14H17NO4. The van der Waals surface area contributed by atoms with Crippen molar-refractivity contribution in [3.8, 4) is 5.75 Å². The summed E-state index contributed by atoms with van der Waals surface area (Å²) in [4.78, 5) is 22.0. The largest absolute Gasteiger partial charge is 0.488 e. The van der Waals surface area contributed by atoms with E-state index in [1.54, 1.807) is 13.0 Å². The van der Waals surface area contributed by atoms with Gasteiger partial charge in [0.1, 0.15) is 17.6 Å². The zero-order chi connectivity index (χ0) is 14.4. The normalized spacial score (nSPS) is 20.8. The SMILES string of the molecule is Cc1cc(C)c([N+](=O)[O-])cc1OC1CC(=O)C1(C)C. The minimum Gasteiger partial charge on any atom is -0.488 e. The number of nitrogens with zero attached hydrogens (tertiary/aromatic N) is 1. The first-order valence-corrected chi connectivity index (χ1v) is 6.19. The monoisotopic (exact) mass is 263 g/mol. The molecule has 0 radical (unpaired) electrons. The van der Waals surface area contributed by atoms with Crippen molar-refractivity contribution in [2.45, 2.75) is 40.2 Å². The maximum atomic E-state index is 11.5. The molecule has 1 unspecified atom stereocenters. The Morgan fingerprint density at radius 1 is 1.32 bits per heavy atom. The molecule has 102 valence electrons. The maximum Gasteiger partial charge on any atom is 0.276 e. The Morgan fingerprint density at radius 2 is 1.95 bits per heavy atom. The molecule has 2 rings (SSSR count). The van der Waals surface area contributed by atoms with E-state index in [4.69, 9.17) is 4.74 Å². The molecule has 5 heteroatoms. The van der Waals surface area contributed by atoms with Gasteiger partial charge >= 0.3 is 0 Å². The number of benzene rings is 1. The third-order valence-corrected chi connectivity index (χ3v) is 3.85. The van der Waals surface area contributed by atoms with E-state index in [0.717, 1.165) is 5.56 Å². The van der Waals surface area contributed by atoms with Crippen molar-refractivity contribution in [3.63, 3.8) is 0 Å². The van der Waals surface area contributed by atoms with E-state index in [1.807, 2.05) is 20.8 Å². The lowest BCUT2D eigenvalue weighted by molar-refractivity contribution is -0.385. The summed E-state index contributed by atoms with van der Waals surface area (Å²) in [6.45, 7) is 7.22. The van der Waals surface area contributed by atoms with Crippen molar-refractivity contribution in [2.24, 2.45) is 5.41 Å². The molecule has 1 aromatic carbocycles. The van der Waals surface area contributed by atoms with Gasteiger partial charge in [-0.25, -0.2) is 0 Å². The molecule has 0 N–H and O–H groups in total. The summed E-state index contributed by atoms with van der Waals surface area (Å²) in [6, 6.07) is 3.19. The van der Waals surface area contributed by atoms with Crippen LogP contribution in [0.3, 0.4) is 0 Å². The minimum atomic E-state index is -0.508. The molecule has 1 aromatic rings. The van der Waals surface area contributed by atoms with E-state index in [1.165, 1.54) is 6.07 Å². The lowest BCUT2D eigenvalue weighted by Crippen LogP contribution is -2.53. The molecule has 0 bridgehead atoms. The summed E-state index contributed by atoms with van der Waals surface area (Å²) in [5.41, 5.74) is 0.993. The number of aryl methyl sites for hydroxylation is 2. The first-order chi connectivity index (χ1) is 8.73. The number of ketones is 1. The fourth-order valence-corrected chi connectivity index (χ4v) is 2.22. The lowest BCUT2D eigenvalue weighted by atomic mass is 9.68. The predicted octanol–water partition coefficient (Wildman–Crippen LogP) is 2.96. The standard InChI is InChI=1S/C14H17NO4/c1-8-5-9(2)11(6-10(8)15(17)18)19-13-7-12(16)14(13,3)4/h5-6,13H,7H2,1-4H3. The second-order valence-corrected chi connectivity index (χ2v) is 5.62. The smallest absolute Gasteiger partial charge is 0.276 e. The molecule has 1 aliphatic rings. The Balaban J connectivity index is 2.29.